The minimum Gasteiger partial charge on any atom is -0.310 e. The van der Waals surface area contributed by atoms with Crippen molar-refractivity contribution in [3.8, 4) is 0 Å². The summed E-state index contributed by atoms with van der Waals surface area (Å²) in [5.41, 5.74) is 1.37. The Bertz CT molecular complexity index is 282. The van der Waals surface area contributed by atoms with Gasteiger partial charge in [-0.05, 0) is 46.0 Å². The number of rotatable bonds is 8. The lowest BCUT2D eigenvalue weighted by atomic mass is 10.1. The van der Waals surface area contributed by atoms with Gasteiger partial charge in [0.1, 0.15) is 0 Å². The van der Waals surface area contributed by atoms with Crippen molar-refractivity contribution in [2.24, 2.45) is 0 Å². The average molecular weight is 234 g/mol. The number of benzene rings is 1. The highest BCUT2D eigenvalue weighted by Crippen LogP contribution is 2.03. The third-order valence-corrected chi connectivity index (χ3v) is 2.99. The molecule has 0 fully saturated rings. The Kier molecular flexibility index (Phi) is 6.90. The molecule has 0 aromatic heterocycles. The van der Waals surface area contributed by atoms with E-state index in [1.54, 1.807) is 0 Å². The Morgan fingerprint density at radius 1 is 1.12 bits per heavy atom. The van der Waals surface area contributed by atoms with E-state index in [0.29, 0.717) is 6.04 Å². The summed E-state index contributed by atoms with van der Waals surface area (Å²) in [7, 11) is 4.27. The largest absolute Gasteiger partial charge is 0.310 e. The van der Waals surface area contributed by atoms with Crippen molar-refractivity contribution in [2.75, 3.05) is 20.6 Å². The molecule has 1 rings (SSSR count). The van der Waals surface area contributed by atoms with Crippen LogP contribution in [0.15, 0.2) is 30.3 Å². The van der Waals surface area contributed by atoms with Gasteiger partial charge in [-0.1, -0.05) is 36.8 Å². The van der Waals surface area contributed by atoms with Gasteiger partial charge in [0.15, 0.2) is 0 Å². The standard InChI is InChI=1S/C15H26N2/c1-14(9-7-8-12-17(2)3)16-13-15-10-5-4-6-11-15/h4-6,10-11,14,16H,7-9,12-13H2,1-3H3. The van der Waals surface area contributed by atoms with Crippen molar-refractivity contribution in [1.82, 2.24) is 10.2 Å². The number of nitrogens with zero attached hydrogens (tertiary/aromatic N) is 1. The molecule has 1 aromatic carbocycles. The molecule has 0 saturated heterocycles. The summed E-state index contributed by atoms with van der Waals surface area (Å²) < 4.78 is 0. The lowest BCUT2D eigenvalue weighted by Gasteiger charge is -2.14. The Balaban J connectivity index is 2.07. The maximum atomic E-state index is 3.57. The van der Waals surface area contributed by atoms with E-state index in [-0.39, 0.29) is 0 Å². The van der Waals surface area contributed by atoms with E-state index >= 15 is 0 Å². The van der Waals surface area contributed by atoms with Crippen molar-refractivity contribution >= 4 is 0 Å². The van der Waals surface area contributed by atoms with Crippen molar-refractivity contribution in [1.29, 1.82) is 0 Å². The molecule has 1 N–H and O–H groups in total. The predicted molar refractivity (Wildman–Crippen MR) is 75.1 cm³/mol. The van der Waals surface area contributed by atoms with E-state index in [1.807, 2.05) is 0 Å². The van der Waals surface area contributed by atoms with Gasteiger partial charge in [-0.3, -0.25) is 0 Å². The van der Waals surface area contributed by atoms with Crippen LogP contribution >= 0.6 is 0 Å². The lowest BCUT2D eigenvalue weighted by Crippen LogP contribution is -2.25. The molecule has 96 valence electrons. The van der Waals surface area contributed by atoms with Crippen molar-refractivity contribution in [2.45, 2.75) is 38.8 Å². The van der Waals surface area contributed by atoms with Gasteiger partial charge in [0.25, 0.3) is 0 Å². The van der Waals surface area contributed by atoms with Gasteiger partial charge in [0, 0.05) is 12.6 Å². The minimum absolute atomic E-state index is 0.609. The summed E-state index contributed by atoms with van der Waals surface area (Å²) in [6.45, 7) is 4.46. The van der Waals surface area contributed by atoms with Gasteiger partial charge in [0.05, 0.1) is 0 Å². The highest BCUT2D eigenvalue weighted by atomic mass is 15.0. The van der Waals surface area contributed by atoms with Crippen LogP contribution in [-0.4, -0.2) is 31.6 Å². The third kappa shape index (κ3) is 7.14. The first kappa shape index (κ1) is 14.2. The third-order valence-electron chi connectivity index (χ3n) is 2.99. The summed E-state index contributed by atoms with van der Waals surface area (Å²) in [5, 5.41) is 3.57. The fourth-order valence-corrected chi connectivity index (χ4v) is 1.87. The van der Waals surface area contributed by atoms with Gasteiger partial charge in [-0.25, -0.2) is 0 Å². The summed E-state index contributed by atoms with van der Waals surface area (Å²) in [6, 6.07) is 11.2. The maximum absolute atomic E-state index is 3.57. The van der Waals surface area contributed by atoms with Gasteiger partial charge >= 0.3 is 0 Å². The molecule has 0 aliphatic rings. The maximum Gasteiger partial charge on any atom is 0.0207 e. The first-order valence-electron chi connectivity index (χ1n) is 6.60. The van der Waals surface area contributed by atoms with Crippen LogP contribution in [-0.2, 0) is 6.54 Å². The van der Waals surface area contributed by atoms with E-state index in [1.165, 1.54) is 31.4 Å². The zero-order chi connectivity index (χ0) is 12.5. The van der Waals surface area contributed by atoms with E-state index in [0.717, 1.165) is 6.54 Å². The number of hydrogen-bond donors (Lipinski definition) is 1. The smallest absolute Gasteiger partial charge is 0.0207 e. The zero-order valence-corrected chi connectivity index (χ0v) is 11.4. The van der Waals surface area contributed by atoms with Gasteiger partial charge in [-0.15, -0.1) is 0 Å². The highest BCUT2D eigenvalue weighted by molar-refractivity contribution is 5.14. The van der Waals surface area contributed by atoms with Crippen molar-refractivity contribution in [3.63, 3.8) is 0 Å². The van der Waals surface area contributed by atoms with Crippen molar-refractivity contribution in [3.05, 3.63) is 35.9 Å². The molecule has 0 saturated carbocycles. The number of nitrogens with one attached hydrogen (secondary N) is 1. The first-order valence-corrected chi connectivity index (χ1v) is 6.60. The molecule has 0 radical (unpaired) electrons. The second-order valence-corrected chi connectivity index (χ2v) is 5.07. The summed E-state index contributed by atoms with van der Waals surface area (Å²) in [4.78, 5) is 2.25. The molecule has 17 heavy (non-hydrogen) atoms. The van der Waals surface area contributed by atoms with Crippen LogP contribution < -0.4 is 5.32 Å². The van der Waals surface area contributed by atoms with Crippen LogP contribution in [0.3, 0.4) is 0 Å². The Morgan fingerprint density at radius 2 is 1.82 bits per heavy atom. The van der Waals surface area contributed by atoms with E-state index in [9.17, 15) is 0 Å². The quantitative estimate of drug-likeness (QED) is 0.696. The molecule has 0 aliphatic heterocycles. The SMILES string of the molecule is CC(CCCCN(C)C)NCc1ccccc1. The lowest BCUT2D eigenvalue weighted by molar-refractivity contribution is 0.381. The fourth-order valence-electron chi connectivity index (χ4n) is 1.87. The molecule has 0 bridgehead atoms. The Hall–Kier alpha value is -0.860. The average Bonchev–Trinajstić information content (AvgIpc) is 2.33. The molecule has 1 atom stereocenters. The minimum atomic E-state index is 0.609. The summed E-state index contributed by atoms with van der Waals surface area (Å²) in [6.07, 6.45) is 3.87. The molecule has 1 unspecified atom stereocenters. The molecular weight excluding hydrogens is 208 g/mol. The van der Waals surface area contributed by atoms with Gasteiger partial charge < -0.3 is 10.2 Å². The summed E-state index contributed by atoms with van der Waals surface area (Å²) >= 11 is 0. The molecule has 0 aliphatic carbocycles. The molecule has 0 spiro atoms. The van der Waals surface area contributed by atoms with E-state index in [4.69, 9.17) is 0 Å². The van der Waals surface area contributed by atoms with Crippen LogP contribution in [0.4, 0.5) is 0 Å². The first-order chi connectivity index (χ1) is 8.18. The van der Waals surface area contributed by atoms with Crippen LogP contribution in [0, 0.1) is 0 Å². The zero-order valence-electron chi connectivity index (χ0n) is 11.4. The second kappa shape index (κ2) is 8.26. The molecule has 0 amide bonds. The topological polar surface area (TPSA) is 15.3 Å². The van der Waals surface area contributed by atoms with Crippen LogP contribution in [0.5, 0.6) is 0 Å². The highest BCUT2D eigenvalue weighted by Gasteiger charge is 2.01. The molecule has 0 heterocycles. The van der Waals surface area contributed by atoms with Crippen LogP contribution in [0.1, 0.15) is 31.7 Å². The number of unbranched alkanes of at least 4 members (excludes halogenated alkanes) is 1. The van der Waals surface area contributed by atoms with Crippen molar-refractivity contribution < 1.29 is 0 Å². The molecule has 2 nitrogen and oxygen atoms in total. The molecular formula is C15H26N2. The fraction of sp³-hybridized carbons (Fsp3) is 0.600. The monoisotopic (exact) mass is 234 g/mol. The number of hydrogen-bond acceptors (Lipinski definition) is 2. The van der Waals surface area contributed by atoms with E-state index < -0.39 is 0 Å². The van der Waals surface area contributed by atoms with Crippen LogP contribution in [0.2, 0.25) is 0 Å². The van der Waals surface area contributed by atoms with Crippen LogP contribution in [0.25, 0.3) is 0 Å². The Morgan fingerprint density at radius 3 is 2.47 bits per heavy atom. The normalized spacial score (nSPS) is 12.9. The Labute approximate surface area is 106 Å². The molecule has 2 heteroatoms. The summed E-state index contributed by atoms with van der Waals surface area (Å²) in [5.74, 6) is 0. The van der Waals surface area contributed by atoms with E-state index in [2.05, 4.69) is 61.6 Å². The molecule has 1 aromatic rings. The second-order valence-electron chi connectivity index (χ2n) is 5.07. The predicted octanol–water partition coefficient (Wildman–Crippen LogP) is 2.90. The van der Waals surface area contributed by atoms with Gasteiger partial charge in [0.2, 0.25) is 0 Å². The van der Waals surface area contributed by atoms with Gasteiger partial charge in [-0.2, -0.15) is 0 Å².